The van der Waals surface area contributed by atoms with Crippen LogP contribution in [0.2, 0.25) is 0 Å². The van der Waals surface area contributed by atoms with Gasteiger partial charge in [0.05, 0.1) is 16.5 Å². The van der Waals surface area contributed by atoms with Gasteiger partial charge in [-0.25, -0.2) is 4.68 Å². The molecule has 0 radical (unpaired) electrons. The molecule has 1 fully saturated rings. The second kappa shape index (κ2) is 5.71. The van der Waals surface area contributed by atoms with Crippen LogP contribution in [-0.2, 0) is 0 Å². The molecule has 3 N–H and O–H groups in total. The maximum absolute atomic E-state index is 10.3. The van der Waals surface area contributed by atoms with E-state index in [1.807, 2.05) is 33.0 Å². The van der Waals surface area contributed by atoms with Crippen LogP contribution in [0, 0.1) is 19.8 Å². The number of fused-ring (bicyclic) bond motifs is 1. The monoisotopic (exact) mass is 358 g/mol. The van der Waals surface area contributed by atoms with Crippen molar-refractivity contribution in [3.63, 3.8) is 0 Å². The fourth-order valence-corrected chi connectivity index (χ4v) is 4.53. The number of hydrogen-bond donors (Lipinski definition) is 3. The first kappa shape index (κ1) is 16.4. The Kier molecular flexibility index (Phi) is 3.73. The molecule has 2 aromatic heterocycles. The van der Waals surface area contributed by atoms with Crippen molar-refractivity contribution >= 4 is 26.8 Å². The highest BCUT2D eigenvalue weighted by atomic mass is 32.1. The van der Waals surface area contributed by atoms with E-state index in [2.05, 4.69) is 15.4 Å². The van der Waals surface area contributed by atoms with Gasteiger partial charge in [-0.1, -0.05) is 17.4 Å². The molecule has 7 heteroatoms. The Hall–Kier alpha value is -2.12. The molecule has 0 unspecified atom stereocenters. The van der Waals surface area contributed by atoms with Gasteiger partial charge in [-0.2, -0.15) is 4.98 Å². The van der Waals surface area contributed by atoms with E-state index in [0.717, 1.165) is 40.3 Å². The van der Waals surface area contributed by atoms with Gasteiger partial charge < -0.3 is 15.5 Å². The van der Waals surface area contributed by atoms with Crippen molar-refractivity contribution < 1.29 is 10.2 Å². The number of benzene rings is 1. The molecule has 3 aromatic rings. The molecule has 6 nitrogen and oxygen atoms in total. The van der Waals surface area contributed by atoms with Crippen LogP contribution in [0.5, 0.6) is 5.75 Å². The Labute approximate surface area is 150 Å². The molecule has 0 spiro atoms. The summed E-state index contributed by atoms with van der Waals surface area (Å²) in [7, 11) is 0. The first-order valence-electron chi connectivity index (χ1n) is 8.44. The zero-order valence-corrected chi connectivity index (χ0v) is 15.4. The molecule has 0 amide bonds. The van der Waals surface area contributed by atoms with Crippen molar-refractivity contribution in [2.24, 2.45) is 5.92 Å². The molecule has 25 heavy (non-hydrogen) atoms. The maximum Gasteiger partial charge on any atom is 0.194 e. The Morgan fingerprint density at radius 1 is 1.36 bits per heavy atom. The van der Waals surface area contributed by atoms with Gasteiger partial charge in [-0.15, -0.1) is 5.10 Å². The highest BCUT2D eigenvalue weighted by Gasteiger charge is 2.37. The van der Waals surface area contributed by atoms with Crippen LogP contribution in [0.25, 0.3) is 16.0 Å². The van der Waals surface area contributed by atoms with Crippen LogP contribution in [0.15, 0.2) is 18.3 Å². The van der Waals surface area contributed by atoms with Crippen molar-refractivity contribution in [3.05, 3.63) is 29.5 Å². The van der Waals surface area contributed by atoms with Gasteiger partial charge in [0.15, 0.2) is 10.8 Å². The minimum Gasteiger partial charge on any atom is -0.506 e. The van der Waals surface area contributed by atoms with Crippen molar-refractivity contribution in [1.82, 2.24) is 14.8 Å². The molecule has 1 aliphatic rings. The van der Waals surface area contributed by atoms with Crippen molar-refractivity contribution in [1.29, 1.82) is 0 Å². The lowest BCUT2D eigenvalue weighted by atomic mass is 9.72. The Bertz CT molecular complexity index is 881. The summed E-state index contributed by atoms with van der Waals surface area (Å²) in [5, 5.41) is 28.8. The van der Waals surface area contributed by atoms with Crippen LogP contribution in [-0.4, -0.2) is 37.1 Å². The summed E-state index contributed by atoms with van der Waals surface area (Å²) in [5.74, 6) is 0.723. The van der Waals surface area contributed by atoms with Gasteiger partial charge in [0.1, 0.15) is 11.4 Å². The zero-order valence-electron chi connectivity index (χ0n) is 14.6. The lowest BCUT2D eigenvalue weighted by Crippen LogP contribution is -2.43. The van der Waals surface area contributed by atoms with E-state index in [1.54, 1.807) is 22.1 Å². The number of thiazole rings is 1. The smallest absolute Gasteiger partial charge is 0.194 e. The first-order chi connectivity index (χ1) is 11.8. The largest absolute Gasteiger partial charge is 0.506 e. The molecule has 0 saturated heterocycles. The number of phenolic OH excluding ortho intramolecular Hbond substituents is 1. The molecular weight excluding hydrogens is 336 g/mol. The van der Waals surface area contributed by atoms with E-state index >= 15 is 0 Å². The summed E-state index contributed by atoms with van der Waals surface area (Å²) in [6, 6.07) is 3.77. The van der Waals surface area contributed by atoms with E-state index in [0.29, 0.717) is 17.3 Å². The fraction of sp³-hybridized carbons (Fsp3) is 0.444. The summed E-state index contributed by atoms with van der Waals surface area (Å²) in [5.41, 5.74) is 2.87. The molecule has 0 aliphatic heterocycles. The number of aromatic nitrogens is 3. The predicted octanol–water partition coefficient (Wildman–Crippen LogP) is 3.38. The van der Waals surface area contributed by atoms with E-state index < -0.39 is 5.60 Å². The minimum atomic E-state index is -0.492. The van der Waals surface area contributed by atoms with Crippen LogP contribution in [0.3, 0.4) is 0 Å². The number of aliphatic hydroxyl groups is 1. The summed E-state index contributed by atoms with van der Waals surface area (Å²) in [6.07, 6.45) is 3.58. The van der Waals surface area contributed by atoms with Crippen molar-refractivity contribution in [3.8, 4) is 11.4 Å². The third kappa shape index (κ3) is 3.09. The van der Waals surface area contributed by atoms with Crippen LogP contribution in [0.1, 0.15) is 30.9 Å². The number of rotatable bonds is 4. The molecule has 1 saturated carbocycles. The molecule has 132 valence electrons. The third-order valence-corrected chi connectivity index (χ3v) is 5.67. The number of nitrogens with one attached hydrogen (secondary N) is 1. The maximum atomic E-state index is 10.3. The van der Waals surface area contributed by atoms with Crippen LogP contribution >= 0.6 is 11.3 Å². The summed E-state index contributed by atoms with van der Waals surface area (Å²) in [4.78, 5) is 4.53. The quantitative estimate of drug-likeness (QED) is 0.666. The van der Waals surface area contributed by atoms with E-state index in [4.69, 9.17) is 0 Å². The van der Waals surface area contributed by atoms with Gasteiger partial charge in [-0.3, -0.25) is 0 Å². The molecule has 2 heterocycles. The number of phenols is 1. The predicted molar refractivity (Wildman–Crippen MR) is 99.7 cm³/mol. The number of anilines is 1. The summed E-state index contributed by atoms with van der Waals surface area (Å²) < 4.78 is 2.67. The average molecular weight is 358 g/mol. The SMILES string of the molecule is Cc1cc(C)c(-n2cc3sc(NC[C@H]4C[C@](C)(O)C4)nc3n2)c(O)c1. The van der Waals surface area contributed by atoms with Gasteiger partial charge in [0.25, 0.3) is 0 Å². The van der Waals surface area contributed by atoms with Gasteiger partial charge >= 0.3 is 0 Å². The lowest BCUT2D eigenvalue weighted by molar-refractivity contribution is -0.0523. The molecule has 1 aliphatic carbocycles. The number of hydrogen-bond acceptors (Lipinski definition) is 6. The second-order valence-electron chi connectivity index (χ2n) is 7.38. The first-order valence-corrected chi connectivity index (χ1v) is 9.25. The summed E-state index contributed by atoms with van der Waals surface area (Å²) >= 11 is 1.55. The normalized spacial score (nSPS) is 23.0. The second-order valence-corrected chi connectivity index (χ2v) is 8.41. The van der Waals surface area contributed by atoms with Crippen LogP contribution < -0.4 is 5.32 Å². The fourth-order valence-electron chi connectivity index (χ4n) is 3.71. The van der Waals surface area contributed by atoms with Crippen LogP contribution in [0.4, 0.5) is 5.13 Å². The molecule has 4 rings (SSSR count). The Balaban J connectivity index is 1.52. The van der Waals surface area contributed by atoms with E-state index in [1.165, 1.54) is 0 Å². The summed E-state index contributed by atoms with van der Waals surface area (Å²) in [6.45, 7) is 6.63. The van der Waals surface area contributed by atoms with Gasteiger partial charge in [-0.05, 0) is 56.7 Å². The molecule has 0 bridgehead atoms. The van der Waals surface area contributed by atoms with Gasteiger partial charge in [0.2, 0.25) is 0 Å². The highest BCUT2D eigenvalue weighted by Crippen LogP contribution is 2.37. The van der Waals surface area contributed by atoms with Crippen molar-refractivity contribution in [2.75, 3.05) is 11.9 Å². The third-order valence-electron chi connectivity index (χ3n) is 4.73. The number of nitrogens with zero attached hydrogens (tertiary/aromatic N) is 3. The molecular formula is C18H22N4O2S. The Morgan fingerprint density at radius 3 is 2.76 bits per heavy atom. The van der Waals surface area contributed by atoms with E-state index in [-0.39, 0.29) is 5.75 Å². The molecule has 1 aromatic carbocycles. The topological polar surface area (TPSA) is 83.2 Å². The molecule has 0 atom stereocenters. The minimum absolute atomic E-state index is 0.225. The number of aryl methyl sites for hydroxylation is 2. The highest BCUT2D eigenvalue weighted by molar-refractivity contribution is 7.22. The lowest BCUT2D eigenvalue weighted by Gasteiger charge is -2.40. The van der Waals surface area contributed by atoms with Crippen molar-refractivity contribution in [2.45, 2.75) is 39.2 Å². The Morgan fingerprint density at radius 2 is 2.12 bits per heavy atom. The van der Waals surface area contributed by atoms with Gasteiger partial charge in [0, 0.05) is 6.54 Å². The zero-order chi connectivity index (χ0) is 17.8. The standard InChI is InChI=1S/C18H22N4O2S/c1-10-4-11(2)15(13(23)5-10)22-9-14-16(21-22)20-17(25-14)19-8-12-6-18(3,24)7-12/h4-5,9,12,23-24H,6-8H2,1-3H3,(H,19,20,21)/t12-,18-. The average Bonchev–Trinajstić information content (AvgIpc) is 2.99. The van der Waals surface area contributed by atoms with E-state index in [9.17, 15) is 10.2 Å². The number of aromatic hydroxyl groups is 1.